The summed E-state index contributed by atoms with van der Waals surface area (Å²) in [5, 5.41) is 11.8. The van der Waals surface area contributed by atoms with Crippen LogP contribution in [-0.2, 0) is 20.6 Å². The van der Waals surface area contributed by atoms with E-state index in [4.69, 9.17) is 23.2 Å². The molecular weight excluding hydrogens is 427 g/mol. The van der Waals surface area contributed by atoms with Gasteiger partial charge in [-0.15, -0.1) is 10.2 Å². The number of sulfonamides is 1. The summed E-state index contributed by atoms with van der Waals surface area (Å²) < 4.78 is 24.2. The highest BCUT2D eigenvalue weighted by molar-refractivity contribution is 8.00. The summed E-state index contributed by atoms with van der Waals surface area (Å²) in [6.45, 7) is -0.290. The van der Waals surface area contributed by atoms with Crippen LogP contribution in [0.3, 0.4) is 0 Å². The smallest absolute Gasteiger partial charge is 0.241 e. The first-order valence-electron chi connectivity index (χ1n) is 6.76. The van der Waals surface area contributed by atoms with Crippen molar-refractivity contribution in [3.05, 3.63) is 33.8 Å². The standard InChI is InChI=1S/C13H14Cl2N4O3S3/c1-19(25(2,21)22)6-11(20)16-12-17-18-13(24-12)23-7-8-3-4-9(14)5-10(8)15/h3-5H,6-7H2,1-2H3,(H,16,17,20). The number of thioether (sulfide) groups is 1. The molecule has 0 aliphatic rings. The average Bonchev–Trinajstić information content (AvgIpc) is 2.92. The predicted molar refractivity (Wildman–Crippen MR) is 102 cm³/mol. The second-order valence-electron chi connectivity index (χ2n) is 4.96. The van der Waals surface area contributed by atoms with E-state index in [1.807, 2.05) is 6.07 Å². The molecule has 136 valence electrons. The van der Waals surface area contributed by atoms with Crippen molar-refractivity contribution >= 4 is 67.4 Å². The number of hydrogen-bond acceptors (Lipinski definition) is 7. The van der Waals surface area contributed by atoms with Gasteiger partial charge < -0.3 is 0 Å². The van der Waals surface area contributed by atoms with Crippen molar-refractivity contribution in [3.8, 4) is 0 Å². The van der Waals surface area contributed by atoms with E-state index in [2.05, 4.69) is 15.5 Å². The first kappa shape index (κ1) is 20.4. The van der Waals surface area contributed by atoms with Crippen molar-refractivity contribution in [1.29, 1.82) is 0 Å². The van der Waals surface area contributed by atoms with E-state index in [9.17, 15) is 13.2 Å². The summed E-state index contributed by atoms with van der Waals surface area (Å²) in [7, 11) is -2.09. The van der Waals surface area contributed by atoms with Gasteiger partial charge in [-0.25, -0.2) is 8.42 Å². The summed E-state index contributed by atoms with van der Waals surface area (Å²) in [6, 6.07) is 5.26. The van der Waals surface area contributed by atoms with Gasteiger partial charge in [0.25, 0.3) is 0 Å². The number of anilines is 1. The fourth-order valence-corrected chi connectivity index (χ4v) is 4.25. The number of halogens is 2. The Kier molecular flexibility index (Phi) is 7.06. The Hall–Kier alpha value is -0.910. The minimum absolute atomic E-state index is 0.290. The van der Waals surface area contributed by atoms with E-state index in [0.717, 1.165) is 16.1 Å². The van der Waals surface area contributed by atoms with Crippen LogP contribution in [0.2, 0.25) is 10.0 Å². The van der Waals surface area contributed by atoms with E-state index in [1.54, 1.807) is 12.1 Å². The normalized spacial score (nSPS) is 11.7. The molecule has 0 aliphatic carbocycles. The molecular formula is C13H14Cl2N4O3S3. The van der Waals surface area contributed by atoms with Crippen molar-refractivity contribution in [2.24, 2.45) is 0 Å². The summed E-state index contributed by atoms with van der Waals surface area (Å²) in [5.74, 6) is 0.0939. The van der Waals surface area contributed by atoms with Gasteiger partial charge in [-0.1, -0.05) is 52.4 Å². The van der Waals surface area contributed by atoms with Crippen LogP contribution in [0.15, 0.2) is 22.5 Å². The van der Waals surface area contributed by atoms with Crippen LogP contribution < -0.4 is 5.32 Å². The molecule has 1 heterocycles. The molecule has 0 aliphatic heterocycles. The number of rotatable bonds is 7. The number of carbonyl (C=O) groups is 1. The molecule has 0 saturated carbocycles. The van der Waals surface area contributed by atoms with Crippen LogP contribution in [0.25, 0.3) is 0 Å². The van der Waals surface area contributed by atoms with E-state index < -0.39 is 15.9 Å². The van der Waals surface area contributed by atoms with Gasteiger partial charge in [0.1, 0.15) is 0 Å². The maximum atomic E-state index is 11.8. The van der Waals surface area contributed by atoms with Crippen molar-refractivity contribution < 1.29 is 13.2 Å². The second-order valence-corrected chi connectivity index (χ2v) is 10.1. The van der Waals surface area contributed by atoms with Crippen molar-refractivity contribution in [1.82, 2.24) is 14.5 Å². The summed E-state index contributed by atoms with van der Waals surface area (Å²) in [4.78, 5) is 11.8. The van der Waals surface area contributed by atoms with Crippen molar-refractivity contribution in [3.63, 3.8) is 0 Å². The quantitative estimate of drug-likeness (QED) is 0.525. The van der Waals surface area contributed by atoms with E-state index in [1.165, 1.54) is 30.1 Å². The molecule has 1 aromatic carbocycles. The first-order chi connectivity index (χ1) is 11.6. The van der Waals surface area contributed by atoms with Gasteiger partial charge in [-0.3, -0.25) is 10.1 Å². The Morgan fingerprint density at radius 3 is 2.72 bits per heavy atom. The van der Waals surface area contributed by atoms with Crippen LogP contribution in [0.1, 0.15) is 5.56 Å². The second kappa shape index (κ2) is 8.65. The van der Waals surface area contributed by atoms with Gasteiger partial charge in [0.15, 0.2) is 4.34 Å². The van der Waals surface area contributed by atoms with Crippen LogP contribution in [-0.4, -0.2) is 48.7 Å². The van der Waals surface area contributed by atoms with E-state index in [-0.39, 0.29) is 6.54 Å². The lowest BCUT2D eigenvalue weighted by molar-refractivity contribution is -0.116. The predicted octanol–water partition coefficient (Wildman–Crippen LogP) is 2.97. The molecule has 25 heavy (non-hydrogen) atoms. The van der Waals surface area contributed by atoms with Gasteiger partial charge in [-0.05, 0) is 17.7 Å². The monoisotopic (exact) mass is 440 g/mol. The van der Waals surface area contributed by atoms with Crippen LogP contribution in [0.4, 0.5) is 5.13 Å². The van der Waals surface area contributed by atoms with Crippen LogP contribution in [0.5, 0.6) is 0 Å². The lowest BCUT2D eigenvalue weighted by atomic mass is 10.2. The molecule has 0 bridgehead atoms. The molecule has 0 radical (unpaired) electrons. The molecule has 2 rings (SSSR count). The number of carbonyl (C=O) groups excluding carboxylic acids is 1. The zero-order valence-electron chi connectivity index (χ0n) is 13.2. The third-order valence-electron chi connectivity index (χ3n) is 2.95. The number of nitrogens with zero attached hydrogens (tertiary/aromatic N) is 3. The molecule has 1 amide bonds. The fourth-order valence-electron chi connectivity index (χ4n) is 1.58. The first-order valence-corrected chi connectivity index (χ1v) is 11.2. The van der Waals surface area contributed by atoms with Gasteiger partial charge in [0.05, 0.1) is 12.8 Å². The maximum absolute atomic E-state index is 11.8. The van der Waals surface area contributed by atoms with Crippen LogP contribution in [0, 0.1) is 0 Å². The molecule has 0 fully saturated rings. The number of likely N-dealkylation sites (N-methyl/N-ethyl adjacent to an activating group) is 1. The minimum Gasteiger partial charge on any atom is -0.299 e. The lowest BCUT2D eigenvalue weighted by Gasteiger charge is -2.12. The molecule has 7 nitrogen and oxygen atoms in total. The number of nitrogens with one attached hydrogen (secondary N) is 1. The summed E-state index contributed by atoms with van der Waals surface area (Å²) in [6.07, 6.45) is 1.03. The Morgan fingerprint density at radius 1 is 1.36 bits per heavy atom. The molecule has 2 aromatic rings. The average molecular weight is 441 g/mol. The maximum Gasteiger partial charge on any atom is 0.241 e. The van der Waals surface area contributed by atoms with Gasteiger partial charge in [-0.2, -0.15) is 4.31 Å². The van der Waals surface area contributed by atoms with E-state index >= 15 is 0 Å². The summed E-state index contributed by atoms with van der Waals surface area (Å²) in [5.41, 5.74) is 0.909. The van der Waals surface area contributed by atoms with Crippen LogP contribution >= 0.6 is 46.3 Å². The van der Waals surface area contributed by atoms with Gasteiger partial charge in [0, 0.05) is 22.8 Å². The SMILES string of the molecule is CN(CC(=O)Nc1nnc(SCc2ccc(Cl)cc2Cl)s1)S(C)(=O)=O. The Balaban J connectivity index is 1.90. The third-order valence-corrected chi connectivity index (χ3v) is 6.82. The Labute approximate surface area is 163 Å². The molecule has 0 unspecified atom stereocenters. The molecule has 0 atom stereocenters. The summed E-state index contributed by atoms with van der Waals surface area (Å²) >= 11 is 14.6. The highest BCUT2D eigenvalue weighted by atomic mass is 35.5. The fraction of sp³-hybridized carbons (Fsp3) is 0.308. The Bertz CT molecular complexity index is 873. The largest absolute Gasteiger partial charge is 0.299 e. The molecule has 1 N–H and O–H groups in total. The third kappa shape index (κ3) is 6.39. The number of aromatic nitrogens is 2. The zero-order valence-corrected chi connectivity index (χ0v) is 17.2. The number of benzene rings is 1. The van der Waals surface area contributed by atoms with Crippen molar-refractivity contribution in [2.45, 2.75) is 10.1 Å². The lowest BCUT2D eigenvalue weighted by Crippen LogP contribution is -2.34. The Morgan fingerprint density at radius 2 is 2.08 bits per heavy atom. The number of hydrogen-bond donors (Lipinski definition) is 1. The van der Waals surface area contributed by atoms with E-state index in [0.29, 0.717) is 25.3 Å². The van der Waals surface area contributed by atoms with Crippen molar-refractivity contribution in [2.75, 3.05) is 25.2 Å². The molecule has 12 heteroatoms. The topological polar surface area (TPSA) is 92.3 Å². The zero-order chi connectivity index (χ0) is 18.6. The number of amides is 1. The molecule has 0 saturated heterocycles. The van der Waals surface area contributed by atoms with Gasteiger partial charge in [0.2, 0.25) is 21.1 Å². The minimum atomic E-state index is -3.42. The van der Waals surface area contributed by atoms with Gasteiger partial charge >= 0.3 is 0 Å². The highest BCUT2D eigenvalue weighted by Crippen LogP contribution is 2.31. The molecule has 0 spiro atoms. The highest BCUT2D eigenvalue weighted by Gasteiger charge is 2.16. The molecule has 1 aromatic heterocycles.